The summed E-state index contributed by atoms with van der Waals surface area (Å²) in [5.74, 6) is 0. The second kappa shape index (κ2) is 4.86. The van der Waals surface area contributed by atoms with Gasteiger partial charge in [-0.2, -0.15) is 0 Å². The van der Waals surface area contributed by atoms with Crippen LogP contribution >= 0.6 is 0 Å². The summed E-state index contributed by atoms with van der Waals surface area (Å²) in [6, 6.07) is 0. The number of nitrogens with zero attached hydrogens (tertiary/aromatic N) is 3. The molecular formula is C14H21N3. The van der Waals surface area contributed by atoms with Gasteiger partial charge in [0.2, 0.25) is 0 Å². The highest BCUT2D eigenvalue weighted by Gasteiger charge is 2.27. The molecule has 92 valence electrons. The zero-order valence-electron chi connectivity index (χ0n) is 11.0. The largest absolute Gasteiger partial charge is 0.301 e. The Kier molecular flexibility index (Phi) is 3.46. The molecule has 0 saturated heterocycles. The maximum atomic E-state index is 4.44. The average Bonchev–Trinajstić information content (AvgIpc) is 2.80. The zero-order valence-corrected chi connectivity index (χ0v) is 11.0. The lowest BCUT2D eigenvalue weighted by molar-refractivity contribution is 0.390. The minimum Gasteiger partial charge on any atom is -0.301 e. The van der Waals surface area contributed by atoms with Crippen molar-refractivity contribution in [3.05, 3.63) is 30.5 Å². The van der Waals surface area contributed by atoms with Crippen molar-refractivity contribution in [2.75, 3.05) is 0 Å². The molecule has 3 nitrogen and oxygen atoms in total. The van der Waals surface area contributed by atoms with Crippen molar-refractivity contribution in [3.8, 4) is 0 Å². The number of hydrogen-bond donors (Lipinski definition) is 0. The SMILES string of the molecule is CCCCC(C)(CC)c1cnc2cnccn12. The van der Waals surface area contributed by atoms with E-state index >= 15 is 0 Å². The van der Waals surface area contributed by atoms with Crippen molar-refractivity contribution >= 4 is 5.65 Å². The van der Waals surface area contributed by atoms with Gasteiger partial charge in [0.05, 0.1) is 6.20 Å². The molecule has 17 heavy (non-hydrogen) atoms. The number of fused-ring (bicyclic) bond motifs is 1. The van der Waals surface area contributed by atoms with E-state index in [4.69, 9.17) is 0 Å². The van der Waals surface area contributed by atoms with E-state index in [1.54, 1.807) is 0 Å². The Labute approximate surface area is 103 Å². The highest BCUT2D eigenvalue weighted by molar-refractivity contribution is 5.39. The van der Waals surface area contributed by atoms with Gasteiger partial charge >= 0.3 is 0 Å². The van der Waals surface area contributed by atoms with Gasteiger partial charge < -0.3 is 4.40 Å². The van der Waals surface area contributed by atoms with Gasteiger partial charge in [-0.3, -0.25) is 4.98 Å². The minimum absolute atomic E-state index is 0.219. The summed E-state index contributed by atoms with van der Waals surface area (Å²) < 4.78 is 2.17. The van der Waals surface area contributed by atoms with Crippen LogP contribution in [0.2, 0.25) is 0 Å². The van der Waals surface area contributed by atoms with Gasteiger partial charge in [-0.15, -0.1) is 0 Å². The average molecular weight is 231 g/mol. The Hall–Kier alpha value is -1.38. The summed E-state index contributed by atoms with van der Waals surface area (Å²) >= 11 is 0. The van der Waals surface area contributed by atoms with Gasteiger partial charge in [0.25, 0.3) is 0 Å². The van der Waals surface area contributed by atoms with Gasteiger partial charge in [-0.25, -0.2) is 4.98 Å². The van der Waals surface area contributed by atoms with E-state index in [9.17, 15) is 0 Å². The van der Waals surface area contributed by atoms with Crippen LogP contribution in [0, 0.1) is 0 Å². The molecule has 2 rings (SSSR count). The first-order valence-electron chi connectivity index (χ1n) is 6.49. The molecular weight excluding hydrogens is 210 g/mol. The number of hydrogen-bond acceptors (Lipinski definition) is 2. The lowest BCUT2D eigenvalue weighted by Gasteiger charge is -2.27. The zero-order chi connectivity index (χ0) is 12.3. The monoisotopic (exact) mass is 231 g/mol. The Morgan fingerprint density at radius 1 is 1.29 bits per heavy atom. The van der Waals surface area contributed by atoms with Crippen molar-refractivity contribution in [1.29, 1.82) is 0 Å². The standard InChI is InChI=1S/C14H21N3/c1-4-6-7-14(3,5-2)12-10-16-13-11-15-8-9-17(12)13/h8-11H,4-7H2,1-3H3. The van der Waals surface area contributed by atoms with Gasteiger partial charge in [0.15, 0.2) is 5.65 Å². The molecule has 2 aromatic heterocycles. The van der Waals surface area contributed by atoms with Gasteiger partial charge in [-0.1, -0.05) is 33.6 Å². The summed E-state index contributed by atoms with van der Waals surface area (Å²) in [5, 5.41) is 0. The van der Waals surface area contributed by atoms with E-state index < -0.39 is 0 Å². The number of imidazole rings is 1. The maximum Gasteiger partial charge on any atom is 0.155 e. The number of unbranched alkanes of at least 4 members (excludes halogenated alkanes) is 1. The molecule has 3 heteroatoms. The smallest absolute Gasteiger partial charge is 0.155 e. The molecule has 0 saturated carbocycles. The van der Waals surface area contributed by atoms with Gasteiger partial charge in [0, 0.05) is 29.7 Å². The van der Waals surface area contributed by atoms with Crippen molar-refractivity contribution in [2.24, 2.45) is 0 Å². The first-order chi connectivity index (χ1) is 8.21. The van der Waals surface area contributed by atoms with Crippen LogP contribution in [0.4, 0.5) is 0 Å². The summed E-state index contributed by atoms with van der Waals surface area (Å²) in [6.07, 6.45) is 12.5. The van der Waals surface area contributed by atoms with E-state index in [1.165, 1.54) is 25.0 Å². The number of rotatable bonds is 5. The molecule has 0 aliphatic rings. The summed E-state index contributed by atoms with van der Waals surface area (Å²) in [5.41, 5.74) is 2.47. The van der Waals surface area contributed by atoms with Crippen molar-refractivity contribution in [3.63, 3.8) is 0 Å². The van der Waals surface area contributed by atoms with Crippen LogP contribution in [-0.2, 0) is 5.41 Å². The molecule has 1 atom stereocenters. The molecule has 0 aliphatic heterocycles. The molecule has 2 heterocycles. The third-order valence-corrected chi connectivity index (χ3v) is 3.80. The van der Waals surface area contributed by atoms with E-state index in [0.29, 0.717) is 0 Å². The maximum absolute atomic E-state index is 4.44. The Bertz CT molecular complexity index is 489. The fourth-order valence-electron chi connectivity index (χ4n) is 2.34. The first-order valence-corrected chi connectivity index (χ1v) is 6.49. The van der Waals surface area contributed by atoms with Crippen LogP contribution in [-0.4, -0.2) is 14.4 Å². The first kappa shape index (κ1) is 12.1. The molecule has 0 aromatic carbocycles. The van der Waals surface area contributed by atoms with Gasteiger partial charge in [0.1, 0.15) is 0 Å². The quantitative estimate of drug-likeness (QED) is 0.787. The predicted octanol–water partition coefficient (Wildman–Crippen LogP) is 3.59. The van der Waals surface area contributed by atoms with Crippen LogP contribution in [0.1, 0.15) is 52.1 Å². The normalized spacial score (nSPS) is 15.0. The second-order valence-electron chi connectivity index (χ2n) is 4.97. The van der Waals surface area contributed by atoms with Crippen molar-refractivity contribution in [1.82, 2.24) is 14.4 Å². The predicted molar refractivity (Wildman–Crippen MR) is 70.2 cm³/mol. The molecule has 0 fully saturated rings. The fourth-order valence-corrected chi connectivity index (χ4v) is 2.34. The van der Waals surface area contributed by atoms with Crippen LogP contribution < -0.4 is 0 Å². The molecule has 0 amide bonds. The molecule has 0 spiro atoms. The van der Waals surface area contributed by atoms with Crippen molar-refractivity contribution in [2.45, 2.75) is 51.9 Å². The molecule has 0 N–H and O–H groups in total. The van der Waals surface area contributed by atoms with Crippen LogP contribution in [0.5, 0.6) is 0 Å². The lowest BCUT2D eigenvalue weighted by Crippen LogP contribution is -2.22. The fraction of sp³-hybridized carbons (Fsp3) is 0.571. The third-order valence-electron chi connectivity index (χ3n) is 3.80. The Morgan fingerprint density at radius 2 is 2.12 bits per heavy atom. The highest BCUT2D eigenvalue weighted by Crippen LogP contribution is 2.33. The third kappa shape index (κ3) is 2.19. The van der Waals surface area contributed by atoms with Gasteiger partial charge in [-0.05, 0) is 12.8 Å². The molecule has 1 unspecified atom stereocenters. The molecule has 0 aliphatic carbocycles. The molecule has 0 radical (unpaired) electrons. The van der Waals surface area contributed by atoms with Crippen molar-refractivity contribution < 1.29 is 0 Å². The van der Waals surface area contributed by atoms with Crippen LogP contribution in [0.25, 0.3) is 5.65 Å². The van der Waals surface area contributed by atoms with E-state index in [-0.39, 0.29) is 5.41 Å². The summed E-state index contributed by atoms with van der Waals surface area (Å²) in [6.45, 7) is 6.84. The second-order valence-corrected chi connectivity index (χ2v) is 4.97. The number of aromatic nitrogens is 3. The van der Waals surface area contributed by atoms with Crippen LogP contribution in [0.3, 0.4) is 0 Å². The molecule has 2 aromatic rings. The van der Waals surface area contributed by atoms with E-state index in [0.717, 1.165) is 12.1 Å². The topological polar surface area (TPSA) is 30.2 Å². The summed E-state index contributed by atoms with van der Waals surface area (Å²) in [7, 11) is 0. The summed E-state index contributed by atoms with van der Waals surface area (Å²) in [4.78, 5) is 8.55. The van der Waals surface area contributed by atoms with Crippen LogP contribution in [0.15, 0.2) is 24.8 Å². The van der Waals surface area contributed by atoms with E-state index in [1.807, 2.05) is 24.8 Å². The van der Waals surface area contributed by atoms with E-state index in [2.05, 4.69) is 35.1 Å². The highest BCUT2D eigenvalue weighted by atomic mass is 15.0. The lowest BCUT2D eigenvalue weighted by atomic mass is 9.79. The Balaban J connectivity index is 2.42. The molecule has 0 bridgehead atoms. The minimum atomic E-state index is 0.219. The Morgan fingerprint density at radius 3 is 2.82 bits per heavy atom.